The van der Waals surface area contributed by atoms with E-state index in [1.807, 2.05) is 35.2 Å². The molecule has 0 aliphatic heterocycles. The molecule has 0 aliphatic carbocycles. The molecule has 1 N–H and O–H groups in total. The Bertz CT molecular complexity index is 1230. The predicted molar refractivity (Wildman–Crippen MR) is 173 cm³/mol. The Morgan fingerprint density at radius 3 is 2.05 bits per heavy atom. The van der Waals surface area contributed by atoms with Crippen LogP contribution in [0.25, 0.3) is 0 Å². The summed E-state index contributed by atoms with van der Waals surface area (Å²) < 4.78 is 22.0. The second-order valence-corrected chi connectivity index (χ2v) is 12.3. The Balaban J connectivity index is 2.10. The summed E-state index contributed by atoms with van der Waals surface area (Å²) in [5, 5.41) is 13.9. The van der Waals surface area contributed by atoms with E-state index in [2.05, 4.69) is 52.9 Å². The maximum absolute atomic E-state index is 13.8. The number of ether oxygens (including phenoxy) is 4. The van der Waals surface area contributed by atoms with Gasteiger partial charge in [-0.3, -0.25) is 4.79 Å². The maximum Gasteiger partial charge on any atom is 0.254 e. The Morgan fingerprint density at radius 2 is 1.51 bits per heavy atom. The molecule has 8 heteroatoms. The minimum Gasteiger partial charge on any atom is -0.493 e. The Morgan fingerprint density at radius 1 is 0.907 bits per heavy atom. The summed E-state index contributed by atoms with van der Waals surface area (Å²) >= 11 is 0. The van der Waals surface area contributed by atoms with Gasteiger partial charge in [-0.1, -0.05) is 33.3 Å². The van der Waals surface area contributed by atoms with Crippen LogP contribution in [0.3, 0.4) is 0 Å². The van der Waals surface area contributed by atoms with Crippen LogP contribution in [0.15, 0.2) is 30.3 Å². The molecule has 238 valence electrons. The number of rotatable bonds is 17. The molecule has 2 rings (SSSR count). The molecule has 0 heterocycles. The van der Waals surface area contributed by atoms with Gasteiger partial charge in [-0.15, -0.1) is 0 Å². The highest BCUT2D eigenvalue weighted by molar-refractivity contribution is 5.97. The minimum atomic E-state index is -0.619. The first-order valence-electron chi connectivity index (χ1n) is 15.3. The lowest BCUT2D eigenvalue weighted by molar-refractivity contribution is 0.0581. The first-order chi connectivity index (χ1) is 20.4. The average Bonchev–Trinajstić information content (AvgIpc) is 2.99. The molecule has 0 aliphatic rings. The zero-order chi connectivity index (χ0) is 32.2. The quantitative estimate of drug-likeness (QED) is 0.201. The smallest absolute Gasteiger partial charge is 0.254 e. The van der Waals surface area contributed by atoms with E-state index >= 15 is 0 Å². The van der Waals surface area contributed by atoms with Crippen molar-refractivity contribution in [1.82, 2.24) is 10.2 Å². The molecule has 0 fully saturated rings. The first-order valence-corrected chi connectivity index (χ1v) is 15.3. The van der Waals surface area contributed by atoms with Gasteiger partial charge in [0.1, 0.15) is 0 Å². The molecular weight excluding hydrogens is 542 g/mol. The van der Waals surface area contributed by atoms with Gasteiger partial charge in [0, 0.05) is 17.6 Å². The fourth-order valence-electron chi connectivity index (χ4n) is 5.57. The third kappa shape index (κ3) is 8.79. The van der Waals surface area contributed by atoms with Crippen LogP contribution in [-0.2, 0) is 11.8 Å². The molecule has 1 unspecified atom stereocenters. The maximum atomic E-state index is 13.8. The van der Waals surface area contributed by atoms with Crippen LogP contribution in [0.2, 0.25) is 0 Å². The summed E-state index contributed by atoms with van der Waals surface area (Å²) in [6.07, 6.45) is 4.11. The summed E-state index contributed by atoms with van der Waals surface area (Å²) in [5.41, 5.74) is 1.60. The molecule has 1 amide bonds. The number of benzene rings is 2. The largest absolute Gasteiger partial charge is 0.493 e. The van der Waals surface area contributed by atoms with Crippen LogP contribution in [0.4, 0.5) is 0 Å². The highest BCUT2D eigenvalue weighted by Crippen LogP contribution is 2.40. The lowest BCUT2D eigenvalue weighted by Gasteiger charge is -2.36. The van der Waals surface area contributed by atoms with Crippen molar-refractivity contribution in [3.8, 4) is 29.1 Å². The number of amides is 1. The normalized spacial score (nSPS) is 12.8. The van der Waals surface area contributed by atoms with E-state index < -0.39 is 5.41 Å². The fraction of sp³-hybridized carbons (Fsp3) is 0.600. The van der Waals surface area contributed by atoms with Crippen LogP contribution in [0.5, 0.6) is 23.0 Å². The number of carbonyl (C=O) groups excluding carboxylic acids is 1. The first kappa shape index (κ1) is 35.8. The molecule has 2 aromatic carbocycles. The van der Waals surface area contributed by atoms with Gasteiger partial charge in [0.2, 0.25) is 0 Å². The SMILES string of the molecule is CCCN(C(=O)c1cc(OC)c(OC)cc1CCNCCCCC(C#N)(c1ccc(OC)c(OC)c1)C(C)C)C(C)(C)C. The van der Waals surface area contributed by atoms with E-state index in [9.17, 15) is 10.1 Å². The van der Waals surface area contributed by atoms with Crippen molar-refractivity contribution in [1.29, 1.82) is 5.26 Å². The van der Waals surface area contributed by atoms with Crippen LogP contribution in [0.1, 0.15) is 88.7 Å². The van der Waals surface area contributed by atoms with Crippen molar-refractivity contribution in [2.75, 3.05) is 48.1 Å². The summed E-state index contributed by atoms with van der Waals surface area (Å²) in [4.78, 5) is 15.7. The number of hydrogen-bond donors (Lipinski definition) is 1. The van der Waals surface area contributed by atoms with Gasteiger partial charge in [0.05, 0.1) is 39.9 Å². The third-order valence-corrected chi connectivity index (χ3v) is 8.17. The molecule has 8 nitrogen and oxygen atoms in total. The molecule has 0 spiro atoms. The highest BCUT2D eigenvalue weighted by Gasteiger charge is 2.36. The molecule has 0 saturated carbocycles. The monoisotopic (exact) mass is 595 g/mol. The lowest BCUT2D eigenvalue weighted by Crippen LogP contribution is -2.46. The molecule has 0 bridgehead atoms. The summed E-state index contributed by atoms with van der Waals surface area (Å²) in [7, 11) is 6.43. The number of nitrogens with zero attached hydrogens (tertiary/aromatic N) is 2. The zero-order valence-electron chi connectivity index (χ0n) is 28.1. The Kier molecular flexibility index (Phi) is 13.7. The Hall–Kier alpha value is -3.44. The van der Waals surface area contributed by atoms with Crippen LogP contribution in [0, 0.1) is 17.2 Å². The number of hydrogen-bond acceptors (Lipinski definition) is 7. The van der Waals surface area contributed by atoms with Crippen molar-refractivity contribution in [2.45, 2.75) is 84.6 Å². The van der Waals surface area contributed by atoms with Crippen molar-refractivity contribution in [3.05, 3.63) is 47.0 Å². The summed E-state index contributed by atoms with van der Waals surface area (Å²) in [5.74, 6) is 2.58. The molecule has 0 aromatic heterocycles. The van der Waals surface area contributed by atoms with Gasteiger partial charge in [0.25, 0.3) is 5.91 Å². The van der Waals surface area contributed by atoms with Gasteiger partial charge in [-0.25, -0.2) is 0 Å². The number of carbonyl (C=O) groups is 1. The molecular formula is C35H53N3O5. The van der Waals surface area contributed by atoms with Gasteiger partial charge in [0.15, 0.2) is 23.0 Å². The Labute approximate surface area is 259 Å². The van der Waals surface area contributed by atoms with E-state index in [1.54, 1.807) is 28.4 Å². The van der Waals surface area contributed by atoms with Gasteiger partial charge >= 0.3 is 0 Å². The van der Waals surface area contributed by atoms with Crippen LogP contribution >= 0.6 is 0 Å². The van der Waals surface area contributed by atoms with E-state index in [1.165, 1.54) is 0 Å². The second-order valence-electron chi connectivity index (χ2n) is 12.3. The number of nitriles is 1. The van der Waals surface area contributed by atoms with Crippen LogP contribution in [-0.4, -0.2) is 64.4 Å². The number of methoxy groups -OCH3 is 4. The standard InChI is InChI=1S/C35H53N3O5/c1-11-20-38(34(4,5)6)33(39)28-23-32(43-10)30(41-8)21-26(28)16-19-37-18-13-12-17-35(24-36,25(2)3)27-14-15-29(40-7)31(22-27)42-9/h14-15,21-23,25,37H,11-13,16-20H2,1-10H3. The molecule has 43 heavy (non-hydrogen) atoms. The fourth-order valence-corrected chi connectivity index (χ4v) is 5.57. The van der Waals surface area contributed by atoms with Crippen molar-refractivity contribution < 1.29 is 23.7 Å². The number of unbranched alkanes of at least 4 members (excludes halogenated alkanes) is 1. The third-order valence-electron chi connectivity index (χ3n) is 8.17. The predicted octanol–water partition coefficient (Wildman–Crippen LogP) is 6.79. The second kappa shape index (κ2) is 16.4. The summed E-state index contributed by atoms with van der Waals surface area (Å²) in [6.45, 7) is 14.7. The minimum absolute atomic E-state index is 0.00185. The van der Waals surface area contributed by atoms with E-state index in [0.29, 0.717) is 48.1 Å². The van der Waals surface area contributed by atoms with Gasteiger partial charge < -0.3 is 29.2 Å². The average molecular weight is 596 g/mol. The molecule has 0 saturated heterocycles. The van der Waals surface area contributed by atoms with Crippen molar-refractivity contribution in [2.24, 2.45) is 5.92 Å². The van der Waals surface area contributed by atoms with E-state index in [0.717, 1.165) is 43.4 Å². The van der Waals surface area contributed by atoms with E-state index in [4.69, 9.17) is 18.9 Å². The molecule has 2 aromatic rings. The van der Waals surface area contributed by atoms with Gasteiger partial charge in [-0.2, -0.15) is 5.26 Å². The molecule has 1 atom stereocenters. The van der Waals surface area contributed by atoms with E-state index in [-0.39, 0.29) is 17.4 Å². The van der Waals surface area contributed by atoms with Gasteiger partial charge in [-0.05, 0) is 101 Å². The molecule has 0 radical (unpaired) electrons. The highest BCUT2D eigenvalue weighted by atomic mass is 16.5. The van der Waals surface area contributed by atoms with Crippen LogP contribution < -0.4 is 24.3 Å². The van der Waals surface area contributed by atoms with Crippen molar-refractivity contribution >= 4 is 5.91 Å². The van der Waals surface area contributed by atoms with Crippen molar-refractivity contribution in [3.63, 3.8) is 0 Å². The number of nitrogens with one attached hydrogen (secondary N) is 1. The topological polar surface area (TPSA) is 93.1 Å². The lowest BCUT2D eigenvalue weighted by atomic mass is 9.69. The zero-order valence-corrected chi connectivity index (χ0v) is 28.1. The summed E-state index contributed by atoms with van der Waals surface area (Å²) in [6, 6.07) is 12.2.